The summed E-state index contributed by atoms with van der Waals surface area (Å²) in [6.45, 7) is 1.07. The maximum absolute atomic E-state index is 12.1. The van der Waals surface area contributed by atoms with E-state index in [1.165, 1.54) is 13.2 Å². The molecule has 1 aliphatic rings. The highest BCUT2D eigenvalue weighted by Crippen LogP contribution is 2.15. The van der Waals surface area contributed by atoms with Gasteiger partial charge < -0.3 is 14.8 Å². The molecule has 2 rings (SSSR count). The molecule has 0 bridgehead atoms. The van der Waals surface area contributed by atoms with Crippen LogP contribution in [0.5, 0.6) is 0 Å². The van der Waals surface area contributed by atoms with Crippen LogP contribution in [0, 0.1) is 11.3 Å². The molecule has 1 heterocycles. The molecule has 0 spiro atoms. The molecule has 1 fully saturated rings. The van der Waals surface area contributed by atoms with Crippen molar-refractivity contribution < 1.29 is 19.1 Å². The fourth-order valence-corrected chi connectivity index (χ4v) is 2.33. The van der Waals surface area contributed by atoms with E-state index in [-0.39, 0.29) is 11.7 Å². The van der Waals surface area contributed by atoms with E-state index in [2.05, 4.69) is 5.32 Å². The van der Waals surface area contributed by atoms with Crippen molar-refractivity contribution in [2.45, 2.75) is 18.9 Å². The number of methoxy groups -OCH3 is 1. The van der Waals surface area contributed by atoms with Crippen LogP contribution in [0.25, 0.3) is 6.08 Å². The molecule has 0 aliphatic carbocycles. The minimum absolute atomic E-state index is 0.00116. The van der Waals surface area contributed by atoms with Gasteiger partial charge in [0.25, 0.3) is 5.91 Å². The number of nitrogens with zero attached hydrogens (tertiary/aromatic N) is 1. The molecule has 0 saturated carbocycles. The lowest BCUT2D eigenvalue weighted by Crippen LogP contribution is -2.32. The van der Waals surface area contributed by atoms with Crippen molar-refractivity contribution >= 4 is 18.0 Å². The van der Waals surface area contributed by atoms with Crippen LogP contribution in [-0.4, -0.2) is 38.2 Å². The maximum Gasteiger partial charge on any atom is 0.338 e. The summed E-state index contributed by atoms with van der Waals surface area (Å²) in [5, 5.41) is 11.9. The molecular weight excluding hydrogens is 296 g/mol. The molecule has 0 radical (unpaired) electrons. The summed E-state index contributed by atoms with van der Waals surface area (Å²) in [6, 6.07) is 8.50. The van der Waals surface area contributed by atoms with Crippen LogP contribution in [0.3, 0.4) is 0 Å². The maximum atomic E-state index is 12.1. The predicted octanol–water partition coefficient (Wildman–Crippen LogP) is 1.68. The van der Waals surface area contributed by atoms with Crippen molar-refractivity contribution in [1.82, 2.24) is 5.32 Å². The second kappa shape index (κ2) is 8.11. The largest absolute Gasteiger partial charge is 0.465 e. The average molecular weight is 314 g/mol. The number of ether oxygens (including phenoxy) is 2. The lowest BCUT2D eigenvalue weighted by molar-refractivity contribution is -0.117. The van der Waals surface area contributed by atoms with Crippen molar-refractivity contribution in [2.24, 2.45) is 0 Å². The van der Waals surface area contributed by atoms with Gasteiger partial charge in [-0.1, -0.05) is 18.2 Å². The number of carbonyl (C=O) groups is 2. The zero-order chi connectivity index (χ0) is 16.7. The Balaban J connectivity index is 2.13. The average Bonchev–Trinajstić information content (AvgIpc) is 3.10. The summed E-state index contributed by atoms with van der Waals surface area (Å²) >= 11 is 0. The molecule has 0 unspecified atom stereocenters. The molecule has 1 atom stereocenters. The lowest BCUT2D eigenvalue weighted by atomic mass is 10.0. The third-order valence-electron chi connectivity index (χ3n) is 3.55. The van der Waals surface area contributed by atoms with Gasteiger partial charge in [0.15, 0.2) is 0 Å². The first kappa shape index (κ1) is 16.7. The summed E-state index contributed by atoms with van der Waals surface area (Å²) in [7, 11) is 1.28. The summed E-state index contributed by atoms with van der Waals surface area (Å²) in [4.78, 5) is 23.8. The molecule has 1 amide bonds. The number of amides is 1. The van der Waals surface area contributed by atoms with Crippen LogP contribution in [-0.2, 0) is 14.3 Å². The number of benzene rings is 1. The van der Waals surface area contributed by atoms with Crippen molar-refractivity contribution in [3.8, 4) is 6.07 Å². The lowest BCUT2D eigenvalue weighted by Gasteiger charge is -2.10. The Bertz CT molecular complexity index is 655. The summed E-state index contributed by atoms with van der Waals surface area (Å²) in [5.74, 6) is -1.00. The number of carbonyl (C=O) groups excluding carboxylic acids is 2. The molecule has 1 saturated heterocycles. The number of hydrogen-bond donors (Lipinski definition) is 1. The predicted molar refractivity (Wildman–Crippen MR) is 83.4 cm³/mol. The molecule has 1 N–H and O–H groups in total. The van der Waals surface area contributed by atoms with Crippen LogP contribution >= 0.6 is 0 Å². The number of nitrogens with one attached hydrogen (secondary N) is 1. The van der Waals surface area contributed by atoms with Gasteiger partial charge in [0, 0.05) is 13.2 Å². The standard InChI is InChI=1S/C17H18N2O4/c1-22-17(21)15-7-3-2-5-12(15)9-13(10-18)16(20)19-11-14-6-4-8-23-14/h2-3,5,7,9,14H,4,6,8,11H2,1H3,(H,19,20)/b13-9+/t14-/m1/s1. The van der Waals surface area contributed by atoms with Gasteiger partial charge in [0.2, 0.25) is 0 Å². The molecule has 1 aliphatic heterocycles. The first-order chi connectivity index (χ1) is 11.2. The van der Waals surface area contributed by atoms with Crippen molar-refractivity contribution in [2.75, 3.05) is 20.3 Å². The van der Waals surface area contributed by atoms with Crippen LogP contribution in [0.15, 0.2) is 29.8 Å². The van der Waals surface area contributed by atoms with E-state index in [1.807, 2.05) is 6.07 Å². The highest BCUT2D eigenvalue weighted by atomic mass is 16.5. The van der Waals surface area contributed by atoms with Crippen molar-refractivity contribution in [3.63, 3.8) is 0 Å². The van der Waals surface area contributed by atoms with Gasteiger partial charge in [-0.15, -0.1) is 0 Å². The smallest absolute Gasteiger partial charge is 0.338 e. The number of hydrogen-bond acceptors (Lipinski definition) is 5. The summed E-state index contributed by atoms with van der Waals surface area (Å²) < 4.78 is 10.1. The third kappa shape index (κ3) is 4.41. The molecule has 1 aromatic rings. The minimum atomic E-state index is -0.520. The van der Waals surface area contributed by atoms with E-state index in [9.17, 15) is 14.9 Å². The van der Waals surface area contributed by atoms with Gasteiger partial charge in [0.05, 0.1) is 18.8 Å². The Morgan fingerprint density at radius 2 is 2.26 bits per heavy atom. The fourth-order valence-electron chi connectivity index (χ4n) is 2.33. The van der Waals surface area contributed by atoms with Crippen molar-refractivity contribution in [1.29, 1.82) is 5.26 Å². The molecule has 23 heavy (non-hydrogen) atoms. The highest BCUT2D eigenvalue weighted by Gasteiger charge is 2.18. The minimum Gasteiger partial charge on any atom is -0.465 e. The van der Waals surface area contributed by atoms with Crippen LogP contribution in [0.2, 0.25) is 0 Å². The zero-order valence-corrected chi connectivity index (χ0v) is 12.9. The fraction of sp³-hybridized carbons (Fsp3) is 0.353. The molecule has 120 valence electrons. The first-order valence-corrected chi connectivity index (χ1v) is 7.34. The molecule has 0 aromatic heterocycles. The topological polar surface area (TPSA) is 88.4 Å². The third-order valence-corrected chi connectivity index (χ3v) is 3.55. The molecule has 6 nitrogen and oxygen atoms in total. The van der Waals surface area contributed by atoms with Crippen LogP contribution in [0.4, 0.5) is 0 Å². The van der Waals surface area contributed by atoms with E-state index < -0.39 is 11.9 Å². The Labute approximate surface area is 134 Å². The quantitative estimate of drug-likeness (QED) is 0.507. The van der Waals surface area contributed by atoms with E-state index in [0.29, 0.717) is 24.3 Å². The second-order valence-electron chi connectivity index (χ2n) is 5.09. The van der Waals surface area contributed by atoms with Crippen molar-refractivity contribution in [3.05, 3.63) is 41.0 Å². The Morgan fingerprint density at radius 1 is 1.48 bits per heavy atom. The monoisotopic (exact) mass is 314 g/mol. The number of esters is 1. The van der Waals surface area contributed by atoms with Gasteiger partial charge >= 0.3 is 5.97 Å². The first-order valence-electron chi connectivity index (χ1n) is 7.34. The van der Waals surface area contributed by atoms with Crippen LogP contribution in [0.1, 0.15) is 28.8 Å². The second-order valence-corrected chi connectivity index (χ2v) is 5.09. The normalized spacial score (nSPS) is 17.4. The Kier molecular flexibility index (Phi) is 5.89. The van der Waals surface area contributed by atoms with Gasteiger partial charge in [-0.05, 0) is 30.5 Å². The van der Waals surface area contributed by atoms with E-state index in [4.69, 9.17) is 9.47 Å². The van der Waals surface area contributed by atoms with Gasteiger partial charge in [-0.2, -0.15) is 5.26 Å². The number of rotatable bonds is 5. The van der Waals surface area contributed by atoms with Crippen LogP contribution < -0.4 is 5.32 Å². The molecule has 1 aromatic carbocycles. The Hall–Kier alpha value is -2.65. The summed E-state index contributed by atoms with van der Waals surface area (Å²) in [6.07, 6.45) is 3.27. The highest BCUT2D eigenvalue weighted by molar-refractivity contribution is 6.03. The van der Waals surface area contributed by atoms with Gasteiger partial charge in [0.1, 0.15) is 11.6 Å². The van der Waals surface area contributed by atoms with E-state index in [1.54, 1.807) is 24.3 Å². The zero-order valence-electron chi connectivity index (χ0n) is 12.9. The van der Waals surface area contributed by atoms with E-state index >= 15 is 0 Å². The Morgan fingerprint density at radius 3 is 2.91 bits per heavy atom. The number of nitriles is 1. The SMILES string of the molecule is COC(=O)c1ccccc1/C=C(\C#N)C(=O)NC[C@H]1CCCO1. The van der Waals surface area contributed by atoms with Gasteiger partial charge in [-0.3, -0.25) is 4.79 Å². The molecule has 6 heteroatoms. The van der Waals surface area contributed by atoms with Gasteiger partial charge in [-0.25, -0.2) is 4.79 Å². The summed E-state index contributed by atoms with van der Waals surface area (Å²) in [5.41, 5.74) is 0.692. The molecular formula is C17H18N2O4. The van der Waals surface area contributed by atoms with E-state index in [0.717, 1.165) is 12.8 Å².